The van der Waals surface area contributed by atoms with Gasteiger partial charge in [0.1, 0.15) is 0 Å². The molecule has 1 aromatic carbocycles. The number of benzene rings is 1. The SMILES string of the molecule is CC(=O)Nc1ccc(-c2ccc([N+](=O)[O-])c(=O)[nH]2)cc1. The van der Waals surface area contributed by atoms with E-state index in [0.29, 0.717) is 16.9 Å². The van der Waals surface area contributed by atoms with Crippen LogP contribution in [-0.4, -0.2) is 15.8 Å². The number of amides is 1. The van der Waals surface area contributed by atoms with E-state index in [4.69, 9.17) is 0 Å². The van der Waals surface area contributed by atoms with Gasteiger partial charge in [-0.15, -0.1) is 0 Å². The van der Waals surface area contributed by atoms with E-state index in [1.165, 1.54) is 13.0 Å². The van der Waals surface area contributed by atoms with Gasteiger partial charge in [0, 0.05) is 24.4 Å². The lowest BCUT2D eigenvalue weighted by molar-refractivity contribution is -0.386. The van der Waals surface area contributed by atoms with Crippen molar-refractivity contribution in [2.75, 3.05) is 5.32 Å². The third kappa shape index (κ3) is 2.89. The summed E-state index contributed by atoms with van der Waals surface area (Å²) in [5.74, 6) is -0.179. The summed E-state index contributed by atoms with van der Waals surface area (Å²) < 4.78 is 0. The molecule has 0 spiro atoms. The average Bonchev–Trinajstić information content (AvgIpc) is 2.38. The topological polar surface area (TPSA) is 105 Å². The Balaban J connectivity index is 2.32. The zero-order chi connectivity index (χ0) is 14.7. The number of aromatic nitrogens is 1. The maximum atomic E-state index is 11.5. The summed E-state index contributed by atoms with van der Waals surface area (Å²) in [5, 5.41) is 13.2. The highest BCUT2D eigenvalue weighted by Crippen LogP contribution is 2.19. The number of nitrogens with zero attached hydrogens (tertiary/aromatic N) is 1. The lowest BCUT2D eigenvalue weighted by atomic mass is 10.1. The largest absolute Gasteiger partial charge is 0.333 e. The molecule has 0 atom stereocenters. The van der Waals surface area contributed by atoms with E-state index < -0.39 is 16.2 Å². The average molecular weight is 273 g/mol. The molecule has 2 N–H and O–H groups in total. The van der Waals surface area contributed by atoms with Gasteiger partial charge in [-0.05, 0) is 23.8 Å². The lowest BCUT2D eigenvalue weighted by Crippen LogP contribution is -2.11. The van der Waals surface area contributed by atoms with Crippen LogP contribution in [0.5, 0.6) is 0 Å². The Kier molecular flexibility index (Phi) is 3.60. The molecule has 2 aromatic rings. The first-order chi connectivity index (χ1) is 9.47. The molecule has 0 radical (unpaired) electrons. The molecule has 0 aliphatic carbocycles. The molecule has 1 heterocycles. The van der Waals surface area contributed by atoms with Crippen LogP contribution in [-0.2, 0) is 4.79 Å². The van der Waals surface area contributed by atoms with Crippen LogP contribution < -0.4 is 10.9 Å². The molecule has 2 rings (SSSR count). The second-order valence-electron chi connectivity index (χ2n) is 4.10. The number of rotatable bonds is 3. The quantitative estimate of drug-likeness (QED) is 0.658. The number of anilines is 1. The van der Waals surface area contributed by atoms with Crippen LogP contribution in [0.4, 0.5) is 11.4 Å². The Morgan fingerprint density at radius 1 is 1.20 bits per heavy atom. The molecule has 1 amide bonds. The number of carbonyl (C=O) groups excluding carboxylic acids is 1. The van der Waals surface area contributed by atoms with E-state index >= 15 is 0 Å². The van der Waals surface area contributed by atoms with E-state index in [-0.39, 0.29) is 5.91 Å². The highest BCUT2D eigenvalue weighted by atomic mass is 16.6. The molecule has 0 aliphatic heterocycles. The van der Waals surface area contributed by atoms with Crippen molar-refractivity contribution in [1.82, 2.24) is 4.98 Å². The maximum Gasteiger partial charge on any atom is 0.333 e. The second kappa shape index (κ2) is 5.35. The first kappa shape index (κ1) is 13.5. The van der Waals surface area contributed by atoms with Gasteiger partial charge in [-0.1, -0.05) is 12.1 Å². The third-order valence-corrected chi connectivity index (χ3v) is 2.60. The highest BCUT2D eigenvalue weighted by molar-refractivity contribution is 5.88. The van der Waals surface area contributed by atoms with Crippen LogP contribution in [0.15, 0.2) is 41.2 Å². The molecular formula is C13H11N3O4. The number of nitrogens with one attached hydrogen (secondary N) is 2. The van der Waals surface area contributed by atoms with Crippen molar-refractivity contribution in [3.8, 4) is 11.3 Å². The van der Waals surface area contributed by atoms with Gasteiger partial charge in [0.25, 0.3) is 0 Å². The fraction of sp³-hybridized carbons (Fsp3) is 0.0769. The van der Waals surface area contributed by atoms with Crippen molar-refractivity contribution in [2.45, 2.75) is 6.92 Å². The first-order valence-electron chi connectivity index (χ1n) is 5.73. The molecule has 7 nitrogen and oxygen atoms in total. The van der Waals surface area contributed by atoms with Crippen molar-refractivity contribution in [2.24, 2.45) is 0 Å². The minimum Gasteiger partial charge on any atom is -0.326 e. The molecule has 0 fully saturated rings. The van der Waals surface area contributed by atoms with Gasteiger partial charge in [-0.3, -0.25) is 19.7 Å². The fourth-order valence-electron chi connectivity index (χ4n) is 1.71. The number of carbonyl (C=O) groups is 1. The van der Waals surface area contributed by atoms with Crippen LogP contribution in [0.3, 0.4) is 0 Å². The van der Waals surface area contributed by atoms with Gasteiger partial charge in [0.2, 0.25) is 5.91 Å². The van der Waals surface area contributed by atoms with E-state index in [2.05, 4.69) is 10.3 Å². The smallest absolute Gasteiger partial charge is 0.326 e. The Morgan fingerprint density at radius 3 is 2.35 bits per heavy atom. The first-order valence-corrected chi connectivity index (χ1v) is 5.73. The summed E-state index contributed by atoms with van der Waals surface area (Å²) >= 11 is 0. The number of aromatic amines is 1. The minimum atomic E-state index is -0.751. The summed E-state index contributed by atoms with van der Waals surface area (Å²) in [7, 11) is 0. The van der Waals surface area contributed by atoms with Crippen LogP contribution in [0.2, 0.25) is 0 Å². The third-order valence-electron chi connectivity index (χ3n) is 2.60. The van der Waals surface area contributed by atoms with Crippen molar-refractivity contribution in [3.05, 3.63) is 56.9 Å². The number of hydrogen-bond donors (Lipinski definition) is 2. The van der Waals surface area contributed by atoms with Gasteiger partial charge in [0.15, 0.2) is 0 Å². The van der Waals surface area contributed by atoms with Crippen LogP contribution >= 0.6 is 0 Å². The van der Waals surface area contributed by atoms with E-state index in [9.17, 15) is 19.7 Å². The number of hydrogen-bond acceptors (Lipinski definition) is 4. The van der Waals surface area contributed by atoms with E-state index in [1.54, 1.807) is 24.3 Å². The zero-order valence-electron chi connectivity index (χ0n) is 10.5. The number of H-pyrrole nitrogens is 1. The molecule has 102 valence electrons. The Hall–Kier alpha value is -2.96. The molecule has 0 unspecified atom stereocenters. The summed E-state index contributed by atoms with van der Waals surface area (Å²) in [6.45, 7) is 1.40. The molecule has 7 heteroatoms. The molecule has 0 saturated carbocycles. The monoisotopic (exact) mass is 273 g/mol. The van der Waals surface area contributed by atoms with Gasteiger partial charge in [0.05, 0.1) is 4.92 Å². The minimum absolute atomic E-state index is 0.179. The Morgan fingerprint density at radius 2 is 1.85 bits per heavy atom. The van der Waals surface area contributed by atoms with E-state index in [0.717, 1.165) is 6.07 Å². The van der Waals surface area contributed by atoms with Crippen molar-refractivity contribution < 1.29 is 9.72 Å². The van der Waals surface area contributed by atoms with Gasteiger partial charge in [-0.25, -0.2) is 0 Å². The summed E-state index contributed by atoms with van der Waals surface area (Å²) in [6, 6.07) is 9.38. The number of pyridine rings is 1. The number of nitro groups is 1. The van der Waals surface area contributed by atoms with Crippen molar-refractivity contribution >= 4 is 17.3 Å². The van der Waals surface area contributed by atoms with Crippen molar-refractivity contribution in [3.63, 3.8) is 0 Å². The molecule has 0 saturated heterocycles. The summed E-state index contributed by atoms with van der Waals surface area (Å²) in [5.41, 5.74) is 0.536. The normalized spacial score (nSPS) is 10.1. The Labute approximate surface area is 113 Å². The summed E-state index contributed by atoms with van der Waals surface area (Å²) in [4.78, 5) is 34.7. The zero-order valence-corrected chi connectivity index (χ0v) is 10.5. The molecule has 0 aliphatic rings. The van der Waals surface area contributed by atoms with Gasteiger partial charge in [-0.2, -0.15) is 0 Å². The lowest BCUT2D eigenvalue weighted by Gasteiger charge is -2.04. The molecule has 1 aromatic heterocycles. The van der Waals surface area contributed by atoms with E-state index in [1.807, 2.05) is 0 Å². The van der Waals surface area contributed by atoms with Crippen LogP contribution in [0, 0.1) is 10.1 Å². The molecule has 20 heavy (non-hydrogen) atoms. The van der Waals surface area contributed by atoms with Crippen molar-refractivity contribution in [1.29, 1.82) is 0 Å². The highest BCUT2D eigenvalue weighted by Gasteiger charge is 2.12. The Bertz CT molecular complexity index is 719. The fourth-order valence-corrected chi connectivity index (χ4v) is 1.71. The summed E-state index contributed by atoms with van der Waals surface area (Å²) in [6.07, 6.45) is 0. The predicted molar refractivity (Wildman–Crippen MR) is 73.5 cm³/mol. The standard InChI is InChI=1S/C13H11N3O4/c1-8(17)14-10-4-2-9(3-5-10)11-6-7-12(16(19)20)13(18)15-11/h2-7H,1H3,(H,14,17)(H,15,18). The van der Waals surface area contributed by atoms with Gasteiger partial charge >= 0.3 is 11.2 Å². The van der Waals surface area contributed by atoms with Crippen LogP contribution in [0.1, 0.15) is 6.92 Å². The van der Waals surface area contributed by atoms with Gasteiger partial charge < -0.3 is 10.3 Å². The second-order valence-corrected chi connectivity index (χ2v) is 4.10. The predicted octanol–water partition coefficient (Wildman–Crippen LogP) is 1.91. The maximum absolute atomic E-state index is 11.5. The molecular weight excluding hydrogens is 262 g/mol. The van der Waals surface area contributed by atoms with Crippen LogP contribution in [0.25, 0.3) is 11.3 Å². The molecule has 0 bridgehead atoms.